The van der Waals surface area contributed by atoms with Crippen LogP contribution in [0.4, 0.5) is 11.5 Å². The Morgan fingerprint density at radius 2 is 2.12 bits per heavy atom. The van der Waals surface area contributed by atoms with E-state index in [1.807, 2.05) is 36.6 Å². The molecule has 0 bridgehead atoms. The van der Waals surface area contributed by atoms with E-state index in [1.165, 1.54) is 5.57 Å². The molecule has 1 aromatic carbocycles. The van der Waals surface area contributed by atoms with E-state index in [1.54, 1.807) is 17.7 Å². The monoisotopic (exact) mass is 473 g/mol. The molecule has 0 unspecified atom stereocenters. The molecule has 0 saturated heterocycles. The molecule has 2 aliphatic rings. The van der Waals surface area contributed by atoms with Crippen molar-refractivity contribution in [3.05, 3.63) is 47.9 Å². The summed E-state index contributed by atoms with van der Waals surface area (Å²) in [6, 6.07) is 8.23. The summed E-state index contributed by atoms with van der Waals surface area (Å²) in [6.45, 7) is 2.25. The zero-order valence-corrected chi connectivity index (χ0v) is 20.2. The first-order valence-corrected chi connectivity index (χ1v) is 12.5. The Kier molecular flexibility index (Phi) is 5.11. The van der Waals surface area contributed by atoms with Crippen molar-refractivity contribution in [2.24, 2.45) is 5.41 Å². The highest BCUT2D eigenvalue weighted by Crippen LogP contribution is 2.48. The van der Waals surface area contributed by atoms with Gasteiger partial charge in [-0.1, -0.05) is 6.08 Å². The summed E-state index contributed by atoms with van der Waals surface area (Å²) in [5.74, 6) is 1.08. The van der Waals surface area contributed by atoms with Crippen LogP contribution in [0.5, 0.6) is 0 Å². The molecule has 1 aliphatic carbocycles. The van der Waals surface area contributed by atoms with Crippen molar-refractivity contribution in [2.45, 2.75) is 19.3 Å². The smallest absolute Gasteiger partial charge is 0.230 e. The van der Waals surface area contributed by atoms with Gasteiger partial charge in [-0.15, -0.1) is 11.3 Å². The number of amides is 1. The number of fused-ring (bicyclic) bond motifs is 2. The van der Waals surface area contributed by atoms with Crippen molar-refractivity contribution >= 4 is 55.6 Å². The lowest BCUT2D eigenvalue weighted by molar-refractivity contribution is -0.137. The number of aromatic nitrogens is 4. The van der Waals surface area contributed by atoms with Crippen LogP contribution in [0.2, 0.25) is 0 Å². The highest BCUT2D eigenvalue weighted by molar-refractivity contribution is 7.16. The molecule has 6 rings (SSSR count). The van der Waals surface area contributed by atoms with Gasteiger partial charge in [-0.05, 0) is 63.2 Å². The fraction of sp³-hybridized carbons (Fsp3) is 0.360. The number of nitrogens with zero attached hydrogens (tertiary/aromatic N) is 5. The molecule has 8 nitrogen and oxygen atoms in total. The molecule has 0 atom stereocenters. The Morgan fingerprint density at radius 1 is 1.24 bits per heavy atom. The van der Waals surface area contributed by atoms with Crippen LogP contribution in [0, 0.1) is 5.41 Å². The van der Waals surface area contributed by atoms with Gasteiger partial charge in [0, 0.05) is 31.0 Å². The lowest BCUT2D eigenvalue weighted by Crippen LogP contribution is -2.43. The largest absolute Gasteiger partial charge is 0.340 e. The van der Waals surface area contributed by atoms with Crippen LogP contribution < -0.4 is 5.32 Å². The SMILES string of the molecule is CN(C)CC1(C(=O)N2CC=C(c3cc4c(Nc5ccc6ncsc6c5)ncnc4[nH]3)CC2)CC1. The molecule has 3 aromatic heterocycles. The van der Waals surface area contributed by atoms with Crippen molar-refractivity contribution in [1.29, 1.82) is 0 Å². The van der Waals surface area contributed by atoms with E-state index < -0.39 is 0 Å². The van der Waals surface area contributed by atoms with Crippen molar-refractivity contribution in [3.63, 3.8) is 0 Å². The number of hydrogen-bond donors (Lipinski definition) is 2. The fourth-order valence-corrected chi connectivity index (χ4v) is 5.63. The minimum Gasteiger partial charge on any atom is -0.340 e. The minimum absolute atomic E-state index is 0.158. The van der Waals surface area contributed by atoms with Gasteiger partial charge in [-0.3, -0.25) is 4.79 Å². The number of H-pyrrole nitrogens is 1. The van der Waals surface area contributed by atoms with Gasteiger partial charge in [0.05, 0.1) is 26.5 Å². The quantitative estimate of drug-likeness (QED) is 0.435. The van der Waals surface area contributed by atoms with Crippen molar-refractivity contribution in [3.8, 4) is 0 Å². The van der Waals surface area contributed by atoms with Crippen LogP contribution in [0.25, 0.3) is 26.8 Å². The molecule has 9 heteroatoms. The number of benzene rings is 1. The molecule has 4 aromatic rings. The third kappa shape index (κ3) is 3.84. The second kappa shape index (κ2) is 8.18. The number of aromatic amines is 1. The number of anilines is 2. The summed E-state index contributed by atoms with van der Waals surface area (Å²) in [7, 11) is 4.09. The lowest BCUT2D eigenvalue weighted by atomic mass is 10.0. The summed E-state index contributed by atoms with van der Waals surface area (Å²) >= 11 is 1.62. The zero-order valence-electron chi connectivity index (χ0n) is 19.3. The van der Waals surface area contributed by atoms with Gasteiger partial charge in [-0.25, -0.2) is 15.0 Å². The van der Waals surface area contributed by atoms with Crippen LogP contribution >= 0.6 is 11.3 Å². The Balaban J connectivity index is 1.21. The van der Waals surface area contributed by atoms with E-state index in [2.05, 4.69) is 48.4 Å². The van der Waals surface area contributed by atoms with Crippen LogP contribution in [0.15, 0.2) is 42.2 Å². The summed E-state index contributed by atoms with van der Waals surface area (Å²) in [4.78, 5) is 34.0. The van der Waals surface area contributed by atoms with E-state index >= 15 is 0 Å². The summed E-state index contributed by atoms with van der Waals surface area (Å²) in [5.41, 5.74) is 6.72. The maximum atomic E-state index is 13.1. The first-order valence-electron chi connectivity index (χ1n) is 11.6. The molecule has 174 valence electrons. The van der Waals surface area contributed by atoms with E-state index in [0.29, 0.717) is 12.5 Å². The van der Waals surface area contributed by atoms with E-state index in [-0.39, 0.29) is 5.41 Å². The maximum absolute atomic E-state index is 13.1. The molecule has 34 heavy (non-hydrogen) atoms. The predicted octanol–water partition coefficient (Wildman–Crippen LogP) is 4.27. The Bertz CT molecular complexity index is 1420. The Labute approximate surface area is 201 Å². The van der Waals surface area contributed by atoms with E-state index in [0.717, 1.165) is 70.8 Å². The minimum atomic E-state index is -0.158. The maximum Gasteiger partial charge on any atom is 0.230 e. The number of rotatable bonds is 6. The molecule has 1 fully saturated rings. The average molecular weight is 474 g/mol. The molecule has 1 saturated carbocycles. The zero-order chi connectivity index (χ0) is 23.3. The van der Waals surface area contributed by atoms with Crippen molar-refractivity contribution in [1.82, 2.24) is 29.7 Å². The Morgan fingerprint density at radius 3 is 2.88 bits per heavy atom. The molecular weight excluding hydrogens is 446 g/mol. The van der Waals surface area contributed by atoms with Gasteiger partial charge in [0.15, 0.2) is 0 Å². The number of nitrogens with one attached hydrogen (secondary N) is 2. The summed E-state index contributed by atoms with van der Waals surface area (Å²) < 4.78 is 1.13. The number of thiazole rings is 1. The van der Waals surface area contributed by atoms with Gasteiger partial charge in [0.2, 0.25) is 5.91 Å². The first-order chi connectivity index (χ1) is 16.5. The second-order valence-corrected chi connectivity index (χ2v) is 10.5. The molecule has 1 aliphatic heterocycles. The van der Waals surface area contributed by atoms with Crippen LogP contribution in [-0.2, 0) is 4.79 Å². The van der Waals surface area contributed by atoms with Gasteiger partial charge in [0.25, 0.3) is 0 Å². The normalized spacial score (nSPS) is 17.4. The highest BCUT2D eigenvalue weighted by Gasteiger charge is 2.51. The summed E-state index contributed by atoms with van der Waals surface area (Å²) in [5, 5.41) is 4.39. The molecule has 1 amide bonds. The third-order valence-corrected chi connectivity index (χ3v) is 7.58. The topological polar surface area (TPSA) is 90.0 Å². The van der Waals surface area contributed by atoms with Crippen molar-refractivity contribution < 1.29 is 4.79 Å². The Hall–Kier alpha value is -3.30. The number of carbonyl (C=O) groups excluding carboxylic acids is 1. The van der Waals surface area contributed by atoms with Gasteiger partial charge in [0.1, 0.15) is 17.8 Å². The van der Waals surface area contributed by atoms with Crippen LogP contribution in [0.1, 0.15) is 25.0 Å². The van der Waals surface area contributed by atoms with Crippen LogP contribution in [0.3, 0.4) is 0 Å². The second-order valence-electron chi connectivity index (χ2n) is 9.58. The molecule has 0 radical (unpaired) electrons. The molecule has 4 heterocycles. The molecule has 0 spiro atoms. The van der Waals surface area contributed by atoms with E-state index in [4.69, 9.17) is 0 Å². The predicted molar refractivity (Wildman–Crippen MR) is 136 cm³/mol. The molecular formula is C25H27N7OS. The van der Waals surface area contributed by atoms with Gasteiger partial charge >= 0.3 is 0 Å². The summed E-state index contributed by atoms with van der Waals surface area (Å²) in [6.07, 6.45) is 6.59. The number of carbonyl (C=O) groups is 1. The highest BCUT2D eigenvalue weighted by atomic mass is 32.1. The molecule has 2 N–H and O–H groups in total. The van der Waals surface area contributed by atoms with E-state index in [9.17, 15) is 4.79 Å². The van der Waals surface area contributed by atoms with Crippen molar-refractivity contribution in [2.75, 3.05) is 39.0 Å². The lowest BCUT2D eigenvalue weighted by Gasteiger charge is -2.31. The van der Waals surface area contributed by atoms with Gasteiger partial charge in [-0.2, -0.15) is 0 Å². The average Bonchev–Trinajstić information content (AvgIpc) is 3.26. The fourth-order valence-electron chi connectivity index (χ4n) is 4.91. The van der Waals surface area contributed by atoms with Gasteiger partial charge < -0.3 is 20.1 Å². The first kappa shape index (κ1) is 21.2. The van der Waals surface area contributed by atoms with Crippen LogP contribution in [-0.4, -0.2) is 69.4 Å². The third-order valence-electron chi connectivity index (χ3n) is 6.79. The number of hydrogen-bond acceptors (Lipinski definition) is 7. The standard InChI is InChI=1S/C25H27N7OS/c1-31(2)13-25(7-8-25)24(33)32-9-5-16(6-10-32)20-12-18-22(26-14-27-23(18)30-20)29-17-3-4-19-21(11-17)34-15-28-19/h3-5,11-12,14-15H,6-10,13H2,1-2H3,(H2,26,27,29,30).